The monoisotopic (exact) mass is 299 g/mol. The third-order valence-corrected chi connectivity index (χ3v) is 4.32. The van der Waals surface area contributed by atoms with E-state index in [1.807, 2.05) is 11.8 Å². The Morgan fingerprint density at radius 2 is 2.16 bits per heavy atom. The van der Waals surface area contributed by atoms with Crippen LogP contribution in [0.4, 0.5) is 5.69 Å². The Kier molecular flexibility index (Phi) is 5.36. The van der Waals surface area contributed by atoms with Crippen LogP contribution < -0.4 is 11.1 Å². The zero-order valence-corrected chi connectivity index (χ0v) is 12.3. The Morgan fingerprint density at radius 1 is 1.42 bits per heavy atom. The molecule has 0 radical (unpaired) electrons. The highest BCUT2D eigenvalue weighted by atomic mass is 35.5. The summed E-state index contributed by atoms with van der Waals surface area (Å²) in [7, 11) is 0. The lowest BCUT2D eigenvalue weighted by atomic mass is 10.2. The first-order valence-corrected chi connectivity index (χ1v) is 7.83. The van der Waals surface area contributed by atoms with Crippen LogP contribution in [0.25, 0.3) is 0 Å². The fourth-order valence-corrected chi connectivity index (χ4v) is 3.15. The minimum Gasteiger partial charge on any atom is -0.399 e. The quantitative estimate of drug-likeness (QED) is 0.831. The highest BCUT2D eigenvalue weighted by molar-refractivity contribution is 7.99. The molecule has 0 atom stereocenters. The molecule has 1 saturated heterocycles. The van der Waals surface area contributed by atoms with Crippen LogP contribution in [0.5, 0.6) is 0 Å². The first kappa shape index (κ1) is 14.5. The fraction of sp³-hybridized carbons (Fsp3) is 0.462. The molecule has 3 N–H and O–H groups in total. The van der Waals surface area contributed by atoms with Gasteiger partial charge in [0.25, 0.3) is 5.91 Å². The van der Waals surface area contributed by atoms with Crippen LogP contribution in [-0.2, 0) is 0 Å². The maximum Gasteiger partial charge on any atom is 0.252 e. The molecule has 1 aliphatic heterocycles. The van der Waals surface area contributed by atoms with E-state index in [0.717, 1.165) is 19.6 Å². The summed E-state index contributed by atoms with van der Waals surface area (Å²) in [6, 6.07) is 4.94. The Labute approximate surface area is 122 Å². The number of nitrogen functional groups attached to an aromatic ring is 1. The lowest BCUT2D eigenvalue weighted by molar-refractivity contribution is 0.0949. The minimum atomic E-state index is -0.163. The maximum absolute atomic E-state index is 12.0. The largest absolute Gasteiger partial charge is 0.399 e. The van der Waals surface area contributed by atoms with Gasteiger partial charge >= 0.3 is 0 Å². The number of hydrogen-bond acceptors (Lipinski definition) is 4. The second kappa shape index (κ2) is 7.03. The summed E-state index contributed by atoms with van der Waals surface area (Å²) in [5.41, 5.74) is 6.65. The maximum atomic E-state index is 12.0. The predicted octanol–water partition coefficient (Wildman–Crippen LogP) is 1.70. The molecule has 0 unspecified atom stereocenters. The summed E-state index contributed by atoms with van der Waals surface area (Å²) < 4.78 is 0. The van der Waals surface area contributed by atoms with E-state index in [-0.39, 0.29) is 5.91 Å². The topological polar surface area (TPSA) is 58.4 Å². The summed E-state index contributed by atoms with van der Waals surface area (Å²) in [6.07, 6.45) is 0. The molecular weight excluding hydrogens is 282 g/mol. The Morgan fingerprint density at radius 3 is 2.89 bits per heavy atom. The van der Waals surface area contributed by atoms with E-state index in [9.17, 15) is 4.79 Å². The predicted molar refractivity (Wildman–Crippen MR) is 82.0 cm³/mol. The van der Waals surface area contributed by atoms with Crippen molar-refractivity contribution in [2.24, 2.45) is 0 Å². The van der Waals surface area contributed by atoms with Gasteiger partial charge < -0.3 is 11.1 Å². The van der Waals surface area contributed by atoms with Crippen LogP contribution in [-0.4, -0.2) is 48.5 Å². The summed E-state index contributed by atoms with van der Waals surface area (Å²) in [5, 5.41) is 3.32. The summed E-state index contributed by atoms with van der Waals surface area (Å²) in [6.45, 7) is 3.71. The molecule has 2 rings (SSSR count). The van der Waals surface area contributed by atoms with Crippen molar-refractivity contribution in [1.29, 1.82) is 0 Å². The van der Waals surface area contributed by atoms with Gasteiger partial charge in [-0.1, -0.05) is 11.6 Å². The Bertz CT molecular complexity index is 450. The van der Waals surface area contributed by atoms with Gasteiger partial charge in [0.2, 0.25) is 0 Å². The Hall–Kier alpha value is -0.910. The first-order valence-electron chi connectivity index (χ1n) is 6.30. The van der Waals surface area contributed by atoms with E-state index in [1.165, 1.54) is 11.5 Å². The van der Waals surface area contributed by atoms with Gasteiger partial charge in [-0.3, -0.25) is 9.69 Å². The van der Waals surface area contributed by atoms with Gasteiger partial charge in [-0.05, 0) is 18.2 Å². The SMILES string of the molecule is Nc1ccc(Cl)c(C(=O)NCCN2CCSCC2)c1. The van der Waals surface area contributed by atoms with Crippen molar-refractivity contribution in [1.82, 2.24) is 10.2 Å². The van der Waals surface area contributed by atoms with Gasteiger partial charge in [0.05, 0.1) is 10.6 Å². The molecule has 6 heteroatoms. The third kappa shape index (κ3) is 4.30. The molecule has 0 spiro atoms. The number of nitrogens with one attached hydrogen (secondary N) is 1. The molecule has 1 aromatic rings. The first-order chi connectivity index (χ1) is 9.16. The number of amides is 1. The summed E-state index contributed by atoms with van der Waals surface area (Å²) in [5.74, 6) is 2.19. The van der Waals surface area contributed by atoms with Gasteiger partial charge in [0, 0.05) is 43.4 Å². The fourth-order valence-electron chi connectivity index (χ4n) is 1.96. The molecule has 0 saturated carbocycles. The molecule has 0 aromatic heterocycles. The average Bonchev–Trinajstić information content (AvgIpc) is 2.42. The molecular formula is C13H18ClN3OS. The van der Waals surface area contributed by atoms with Gasteiger partial charge in [0.1, 0.15) is 0 Å². The number of anilines is 1. The van der Waals surface area contributed by atoms with E-state index in [1.54, 1.807) is 18.2 Å². The normalized spacial score (nSPS) is 16.3. The van der Waals surface area contributed by atoms with Gasteiger partial charge in [-0.25, -0.2) is 0 Å². The number of nitrogens with zero attached hydrogens (tertiary/aromatic N) is 1. The molecule has 1 amide bonds. The molecule has 1 aliphatic rings. The van der Waals surface area contributed by atoms with Crippen molar-refractivity contribution in [3.8, 4) is 0 Å². The van der Waals surface area contributed by atoms with Crippen LogP contribution in [0.3, 0.4) is 0 Å². The van der Waals surface area contributed by atoms with Crippen molar-refractivity contribution in [3.05, 3.63) is 28.8 Å². The Balaban J connectivity index is 1.82. The molecule has 19 heavy (non-hydrogen) atoms. The smallest absolute Gasteiger partial charge is 0.252 e. The van der Waals surface area contributed by atoms with Gasteiger partial charge in [0.15, 0.2) is 0 Å². The zero-order chi connectivity index (χ0) is 13.7. The minimum absolute atomic E-state index is 0.163. The lowest BCUT2D eigenvalue weighted by Crippen LogP contribution is -2.39. The van der Waals surface area contributed by atoms with Crippen molar-refractivity contribution in [3.63, 3.8) is 0 Å². The van der Waals surface area contributed by atoms with Crippen LogP contribution in [0.2, 0.25) is 5.02 Å². The van der Waals surface area contributed by atoms with Crippen molar-refractivity contribution in [2.45, 2.75) is 0 Å². The van der Waals surface area contributed by atoms with Crippen molar-refractivity contribution in [2.75, 3.05) is 43.4 Å². The number of carbonyl (C=O) groups is 1. The number of benzene rings is 1. The third-order valence-electron chi connectivity index (χ3n) is 3.05. The van der Waals surface area contributed by atoms with E-state index < -0.39 is 0 Å². The second-order valence-corrected chi connectivity index (χ2v) is 6.08. The average molecular weight is 300 g/mol. The summed E-state index contributed by atoms with van der Waals surface area (Å²) in [4.78, 5) is 14.3. The highest BCUT2D eigenvalue weighted by Gasteiger charge is 2.12. The van der Waals surface area contributed by atoms with Crippen molar-refractivity contribution < 1.29 is 4.79 Å². The molecule has 0 bridgehead atoms. The van der Waals surface area contributed by atoms with E-state index in [0.29, 0.717) is 22.8 Å². The zero-order valence-electron chi connectivity index (χ0n) is 10.7. The van der Waals surface area contributed by atoms with Gasteiger partial charge in [-0.2, -0.15) is 11.8 Å². The molecule has 104 valence electrons. The number of thioether (sulfide) groups is 1. The molecule has 0 aliphatic carbocycles. The number of carbonyl (C=O) groups excluding carboxylic acids is 1. The van der Waals surface area contributed by atoms with E-state index in [4.69, 9.17) is 17.3 Å². The standard InChI is InChI=1S/C13H18ClN3OS/c14-12-2-1-10(15)9-11(12)13(18)16-3-4-17-5-7-19-8-6-17/h1-2,9H,3-8,15H2,(H,16,18). The molecule has 1 heterocycles. The number of halogens is 1. The van der Waals surface area contributed by atoms with Gasteiger partial charge in [-0.15, -0.1) is 0 Å². The summed E-state index contributed by atoms with van der Waals surface area (Å²) >= 11 is 7.97. The number of rotatable bonds is 4. The van der Waals surface area contributed by atoms with Crippen LogP contribution in [0.1, 0.15) is 10.4 Å². The van der Waals surface area contributed by atoms with Crippen LogP contribution in [0.15, 0.2) is 18.2 Å². The highest BCUT2D eigenvalue weighted by Crippen LogP contribution is 2.18. The van der Waals surface area contributed by atoms with E-state index in [2.05, 4.69) is 10.2 Å². The van der Waals surface area contributed by atoms with Crippen LogP contribution in [0, 0.1) is 0 Å². The molecule has 4 nitrogen and oxygen atoms in total. The number of nitrogens with two attached hydrogens (primary N) is 1. The lowest BCUT2D eigenvalue weighted by Gasteiger charge is -2.26. The van der Waals surface area contributed by atoms with Crippen molar-refractivity contribution >= 4 is 35.0 Å². The van der Waals surface area contributed by atoms with Crippen LogP contribution >= 0.6 is 23.4 Å². The molecule has 1 aromatic carbocycles. The molecule has 1 fully saturated rings. The van der Waals surface area contributed by atoms with E-state index >= 15 is 0 Å². The number of hydrogen-bond donors (Lipinski definition) is 2. The second-order valence-electron chi connectivity index (χ2n) is 4.45.